The van der Waals surface area contributed by atoms with Gasteiger partial charge in [0.2, 0.25) is 5.95 Å². The maximum atomic E-state index is 4.54. The van der Waals surface area contributed by atoms with Gasteiger partial charge >= 0.3 is 0 Å². The average Bonchev–Trinajstić information content (AvgIpc) is 3.29. The van der Waals surface area contributed by atoms with E-state index in [1.165, 1.54) is 44.2 Å². The molecule has 0 aromatic carbocycles. The molecule has 1 aliphatic carbocycles. The van der Waals surface area contributed by atoms with E-state index in [0.717, 1.165) is 24.7 Å². The Bertz CT molecular complexity index is 626. The second-order valence-electron chi connectivity index (χ2n) is 6.15. The molecule has 0 atom stereocenters. The molecule has 2 N–H and O–H groups in total. The van der Waals surface area contributed by atoms with Crippen molar-refractivity contribution in [2.75, 3.05) is 23.3 Å². The van der Waals surface area contributed by atoms with Crippen LogP contribution in [-0.4, -0.2) is 38.5 Å². The topological polar surface area (TPSA) is 82.6 Å². The van der Waals surface area contributed by atoms with Crippen LogP contribution in [0.25, 0.3) is 0 Å². The Hall–Kier alpha value is -2.18. The van der Waals surface area contributed by atoms with Crippen LogP contribution in [0.15, 0.2) is 12.3 Å². The number of rotatable bonds is 4. The standard InChI is InChI=1S/C15H21N7/c1-2-6-11(5-1)12-9-13(20-19-12)17-15-18-14(10-16-21-15)22-7-3-4-8-22/h9-11H,1-8H2,(H2,17,18,19,20,21). The van der Waals surface area contributed by atoms with Crippen molar-refractivity contribution in [3.8, 4) is 0 Å². The highest BCUT2D eigenvalue weighted by Crippen LogP contribution is 2.33. The van der Waals surface area contributed by atoms with Crippen molar-refractivity contribution in [3.05, 3.63) is 18.0 Å². The molecular formula is C15H21N7. The summed E-state index contributed by atoms with van der Waals surface area (Å²) in [7, 11) is 0. The molecule has 0 unspecified atom stereocenters. The molecule has 22 heavy (non-hydrogen) atoms. The van der Waals surface area contributed by atoms with Gasteiger partial charge in [-0.05, 0) is 25.7 Å². The molecule has 2 aliphatic rings. The van der Waals surface area contributed by atoms with Crippen LogP contribution in [0.3, 0.4) is 0 Å². The van der Waals surface area contributed by atoms with Crippen LogP contribution in [-0.2, 0) is 0 Å². The van der Waals surface area contributed by atoms with Gasteiger partial charge < -0.3 is 10.2 Å². The van der Waals surface area contributed by atoms with Gasteiger partial charge in [-0.25, -0.2) is 0 Å². The quantitative estimate of drug-likeness (QED) is 0.903. The maximum absolute atomic E-state index is 4.54. The minimum absolute atomic E-state index is 0.508. The van der Waals surface area contributed by atoms with Gasteiger partial charge in [-0.2, -0.15) is 15.2 Å². The molecule has 0 bridgehead atoms. The monoisotopic (exact) mass is 299 g/mol. The van der Waals surface area contributed by atoms with E-state index in [2.05, 4.69) is 41.7 Å². The Labute approximate surface area is 129 Å². The van der Waals surface area contributed by atoms with Crippen LogP contribution in [0, 0.1) is 0 Å². The van der Waals surface area contributed by atoms with Crippen LogP contribution < -0.4 is 10.2 Å². The van der Waals surface area contributed by atoms with Crippen LogP contribution in [0.4, 0.5) is 17.6 Å². The SMILES string of the molecule is c1nnc(Nc2cc(C3CCCC3)[nH]n2)nc1N1CCCC1. The Morgan fingerprint density at radius 2 is 1.95 bits per heavy atom. The molecule has 2 fully saturated rings. The minimum Gasteiger partial charge on any atom is -0.355 e. The summed E-state index contributed by atoms with van der Waals surface area (Å²) >= 11 is 0. The smallest absolute Gasteiger partial charge is 0.250 e. The molecule has 1 aliphatic heterocycles. The van der Waals surface area contributed by atoms with E-state index in [9.17, 15) is 0 Å². The Balaban J connectivity index is 1.47. The van der Waals surface area contributed by atoms with E-state index in [1.807, 2.05) is 0 Å². The predicted octanol–water partition coefficient (Wildman–Crippen LogP) is 2.60. The third-order valence-electron chi connectivity index (χ3n) is 4.61. The van der Waals surface area contributed by atoms with Gasteiger partial charge in [0, 0.05) is 30.8 Å². The molecule has 0 amide bonds. The molecular weight excluding hydrogens is 278 g/mol. The fourth-order valence-corrected chi connectivity index (χ4v) is 3.41. The fraction of sp³-hybridized carbons (Fsp3) is 0.600. The normalized spacial score (nSPS) is 19.0. The van der Waals surface area contributed by atoms with E-state index >= 15 is 0 Å². The number of nitrogens with zero attached hydrogens (tertiary/aromatic N) is 5. The first-order chi connectivity index (χ1) is 10.9. The first kappa shape index (κ1) is 13.5. The molecule has 4 rings (SSSR count). The van der Waals surface area contributed by atoms with Gasteiger partial charge in [-0.1, -0.05) is 12.8 Å². The second kappa shape index (κ2) is 5.90. The second-order valence-corrected chi connectivity index (χ2v) is 6.15. The van der Waals surface area contributed by atoms with E-state index < -0.39 is 0 Å². The highest BCUT2D eigenvalue weighted by molar-refractivity contribution is 5.50. The number of aromatic amines is 1. The average molecular weight is 299 g/mol. The fourth-order valence-electron chi connectivity index (χ4n) is 3.41. The minimum atomic E-state index is 0.508. The lowest BCUT2D eigenvalue weighted by atomic mass is 10.0. The third kappa shape index (κ3) is 2.75. The summed E-state index contributed by atoms with van der Waals surface area (Å²) in [5.41, 5.74) is 1.21. The molecule has 116 valence electrons. The van der Waals surface area contributed by atoms with Crippen molar-refractivity contribution in [1.82, 2.24) is 25.4 Å². The van der Waals surface area contributed by atoms with E-state index in [-0.39, 0.29) is 0 Å². The number of aromatic nitrogens is 5. The van der Waals surface area contributed by atoms with Gasteiger partial charge in [-0.15, -0.1) is 5.10 Å². The number of anilines is 3. The predicted molar refractivity (Wildman–Crippen MR) is 84.4 cm³/mol. The van der Waals surface area contributed by atoms with Gasteiger partial charge in [0.1, 0.15) is 0 Å². The highest BCUT2D eigenvalue weighted by Gasteiger charge is 2.19. The van der Waals surface area contributed by atoms with Crippen molar-refractivity contribution in [2.24, 2.45) is 0 Å². The molecule has 1 saturated heterocycles. The first-order valence-electron chi connectivity index (χ1n) is 8.15. The Kier molecular flexibility index (Phi) is 3.62. The molecule has 3 heterocycles. The summed E-state index contributed by atoms with van der Waals surface area (Å²) in [5.74, 6) is 2.79. The van der Waals surface area contributed by atoms with Gasteiger partial charge in [0.15, 0.2) is 11.6 Å². The third-order valence-corrected chi connectivity index (χ3v) is 4.61. The zero-order chi connectivity index (χ0) is 14.8. The van der Waals surface area contributed by atoms with E-state index in [4.69, 9.17) is 0 Å². The number of hydrogen-bond donors (Lipinski definition) is 2. The molecule has 1 saturated carbocycles. The largest absolute Gasteiger partial charge is 0.355 e. The summed E-state index contributed by atoms with van der Waals surface area (Å²) < 4.78 is 0. The lowest BCUT2D eigenvalue weighted by Gasteiger charge is -2.15. The summed E-state index contributed by atoms with van der Waals surface area (Å²) in [6.07, 6.45) is 9.31. The number of nitrogens with one attached hydrogen (secondary N) is 2. The van der Waals surface area contributed by atoms with Crippen molar-refractivity contribution < 1.29 is 0 Å². The molecule has 7 nitrogen and oxygen atoms in total. The molecule has 0 spiro atoms. The molecule has 0 radical (unpaired) electrons. The van der Waals surface area contributed by atoms with Gasteiger partial charge in [0.05, 0.1) is 6.20 Å². The summed E-state index contributed by atoms with van der Waals surface area (Å²) in [6, 6.07) is 2.07. The summed E-state index contributed by atoms with van der Waals surface area (Å²) in [6.45, 7) is 2.10. The Morgan fingerprint density at radius 3 is 2.77 bits per heavy atom. The lowest BCUT2D eigenvalue weighted by molar-refractivity contribution is 0.693. The van der Waals surface area contributed by atoms with Crippen LogP contribution in [0.1, 0.15) is 50.1 Å². The zero-order valence-electron chi connectivity index (χ0n) is 12.6. The number of hydrogen-bond acceptors (Lipinski definition) is 6. The van der Waals surface area contributed by atoms with Gasteiger partial charge in [0.25, 0.3) is 0 Å². The van der Waals surface area contributed by atoms with Crippen LogP contribution in [0.2, 0.25) is 0 Å². The molecule has 7 heteroatoms. The first-order valence-corrected chi connectivity index (χ1v) is 8.15. The van der Waals surface area contributed by atoms with Crippen molar-refractivity contribution in [1.29, 1.82) is 0 Å². The Morgan fingerprint density at radius 1 is 1.14 bits per heavy atom. The van der Waals surface area contributed by atoms with Crippen molar-refractivity contribution >= 4 is 17.6 Å². The van der Waals surface area contributed by atoms with Crippen LogP contribution in [0.5, 0.6) is 0 Å². The number of H-pyrrole nitrogens is 1. The zero-order valence-corrected chi connectivity index (χ0v) is 12.6. The highest BCUT2D eigenvalue weighted by atomic mass is 15.3. The van der Waals surface area contributed by atoms with Gasteiger partial charge in [-0.3, -0.25) is 5.10 Å². The summed E-state index contributed by atoms with van der Waals surface area (Å²) in [4.78, 5) is 6.79. The van der Waals surface area contributed by atoms with Crippen LogP contribution >= 0.6 is 0 Å². The summed E-state index contributed by atoms with van der Waals surface area (Å²) in [5, 5.41) is 18.7. The van der Waals surface area contributed by atoms with Crippen molar-refractivity contribution in [3.63, 3.8) is 0 Å². The molecule has 2 aromatic heterocycles. The van der Waals surface area contributed by atoms with Crippen molar-refractivity contribution in [2.45, 2.75) is 44.4 Å². The van der Waals surface area contributed by atoms with E-state index in [1.54, 1.807) is 6.20 Å². The maximum Gasteiger partial charge on any atom is 0.250 e. The lowest BCUT2D eigenvalue weighted by Crippen LogP contribution is -2.19. The molecule has 2 aromatic rings. The van der Waals surface area contributed by atoms with E-state index in [0.29, 0.717) is 11.9 Å².